The Hall–Kier alpha value is -3.87. The largest absolute Gasteiger partial charge is 0.494 e. The van der Waals surface area contributed by atoms with Crippen molar-refractivity contribution in [1.29, 1.82) is 0 Å². The van der Waals surface area contributed by atoms with Gasteiger partial charge in [-0.3, -0.25) is 0 Å². The highest BCUT2D eigenvalue weighted by Gasteiger charge is 2.51. The molecule has 4 aromatic carbocycles. The second kappa shape index (κ2) is 7.82. The first kappa shape index (κ1) is 22.3. The summed E-state index contributed by atoms with van der Waals surface area (Å²) in [5.74, 6) is 0.632. The van der Waals surface area contributed by atoms with Crippen molar-refractivity contribution in [3.05, 3.63) is 84.9 Å². The topological polar surface area (TPSA) is 60.3 Å². The van der Waals surface area contributed by atoms with Gasteiger partial charge in [-0.15, -0.1) is 0 Å². The average molecular weight is 486 g/mol. The summed E-state index contributed by atoms with van der Waals surface area (Å²) < 4.78 is 18.7. The van der Waals surface area contributed by atoms with Crippen LogP contribution in [0.1, 0.15) is 27.7 Å². The van der Waals surface area contributed by atoms with E-state index in [1.807, 2.05) is 30.3 Å². The fourth-order valence-electron chi connectivity index (χ4n) is 5.05. The Bertz CT molecular complexity index is 1780. The monoisotopic (exact) mass is 486 g/mol. The lowest BCUT2D eigenvalue weighted by atomic mass is 9.78. The van der Waals surface area contributed by atoms with E-state index in [4.69, 9.17) is 18.7 Å². The van der Waals surface area contributed by atoms with Crippen LogP contribution in [0.2, 0.25) is 0 Å². The Kier molecular flexibility index (Phi) is 4.72. The molecule has 0 saturated carbocycles. The molecule has 0 amide bonds. The molecule has 6 heteroatoms. The number of fused-ring (bicyclic) bond motifs is 4. The van der Waals surface area contributed by atoms with Crippen molar-refractivity contribution in [3.8, 4) is 22.6 Å². The number of hydrogen-bond donors (Lipinski definition) is 1. The Morgan fingerprint density at radius 1 is 0.676 bits per heavy atom. The molecule has 1 aliphatic rings. The molecule has 6 aromatic rings. The van der Waals surface area contributed by atoms with E-state index in [0.717, 1.165) is 55.1 Å². The quantitative estimate of drug-likeness (QED) is 0.271. The van der Waals surface area contributed by atoms with E-state index in [1.165, 1.54) is 0 Å². The van der Waals surface area contributed by atoms with E-state index in [9.17, 15) is 0 Å². The average Bonchev–Trinajstić information content (AvgIpc) is 3.53. The van der Waals surface area contributed by atoms with Gasteiger partial charge in [0.1, 0.15) is 5.52 Å². The minimum Gasteiger partial charge on any atom is -0.436 e. The number of oxazole rings is 1. The molecule has 3 heterocycles. The number of hydrogen-bond acceptors (Lipinski definition) is 4. The minimum atomic E-state index is -0.389. The van der Waals surface area contributed by atoms with Gasteiger partial charge in [0.15, 0.2) is 5.58 Å². The first-order valence-electron chi connectivity index (χ1n) is 12.6. The molecule has 7 rings (SSSR count). The third-order valence-electron chi connectivity index (χ3n) is 7.87. The fourth-order valence-corrected chi connectivity index (χ4v) is 5.05. The number of nitrogens with zero attached hydrogens (tertiary/aromatic N) is 1. The van der Waals surface area contributed by atoms with E-state index in [2.05, 4.69) is 87.3 Å². The summed E-state index contributed by atoms with van der Waals surface area (Å²) in [7, 11) is -0.389. The molecular formula is C31H27BN2O3. The SMILES string of the molecule is CC1(C)OB(c2cccc(-c3ccc4[nH]c5cc6nc(-c7ccccc7)oc6cc5c4c3)c2)OC1(C)C. The molecule has 1 saturated heterocycles. The van der Waals surface area contributed by atoms with E-state index >= 15 is 0 Å². The summed E-state index contributed by atoms with van der Waals surface area (Å²) in [5, 5.41) is 2.26. The van der Waals surface area contributed by atoms with E-state index in [1.54, 1.807) is 0 Å². The zero-order valence-corrected chi connectivity index (χ0v) is 21.3. The molecule has 1 aliphatic heterocycles. The number of rotatable bonds is 3. The molecular weight excluding hydrogens is 459 g/mol. The van der Waals surface area contributed by atoms with Crippen molar-refractivity contribution in [2.45, 2.75) is 38.9 Å². The lowest BCUT2D eigenvalue weighted by Gasteiger charge is -2.32. The summed E-state index contributed by atoms with van der Waals surface area (Å²) in [5.41, 5.74) is 7.24. The van der Waals surface area contributed by atoms with Gasteiger partial charge in [0, 0.05) is 27.4 Å². The molecule has 0 atom stereocenters. The highest BCUT2D eigenvalue weighted by atomic mass is 16.7. The van der Waals surface area contributed by atoms with Crippen LogP contribution in [0.3, 0.4) is 0 Å². The molecule has 37 heavy (non-hydrogen) atoms. The number of nitrogens with one attached hydrogen (secondary N) is 1. The summed E-state index contributed by atoms with van der Waals surface area (Å²) in [6.45, 7) is 8.32. The second-order valence-electron chi connectivity index (χ2n) is 10.8. The van der Waals surface area contributed by atoms with Crippen molar-refractivity contribution in [2.75, 3.05) is 0 Å². The van der Waals surface area contributed by atoms with Gasteiger partial charge in [-0.05, 0) is 80.7 Å². The summed E-state index contributed by atoms with van der Waals surface area (Å²) in [4.78, 5) is 8.28. The van der Waals surface area contributed by atoms with E-state index in [0.29, 0.717) is 5.89 Å². The highest BCUT2D eigenvalue weighted by Crippen LogP contribution is 2.37. The zero-order chi connectivity index (χ0) is 25.4. The standard InChI is InChI=1S/C31H27BN2O3/c1-30(2)31(3,4)37-32(36-30)22-12-8-11-20(15-22)21-13-14-25-23(16-21)24-17-28-27(18-26(24)33-25)34-29(35-28)19-9-6-5-7-10-19/h5-18,33H,1-4H3. The summed E-state index contributed by atoms with van der Waals surface area (Å²) in [6.07, 6.45) is 0. The van der Waals surface area contributed by atoms with Gasteiger partial charge >= 0.3 is 7.12 Å². The third kappa shape index (κ3) is 3.59. The van der Waals surface area contributed by atoms with Gasteiger partial charge in [0.25, 0.3) is 0 Å². The van der Waals surface area contributed by atoms with Gasteiger partial charge in [-0.25, -0.2) is 4.98 Å². The van der Waals surface area contributed by atoms with Crippen LogP contribution in [0.25, 0.3) is 55.5 Å². The predicted molar refractivity (Wildman–Crippen MR) is 150 cm³/mol. The van der Waals surface area contributed by atoms with Crippen LogP contribution < -0.4 is 5.46 Å². The number of benzene rings is 4. The Balaban J connectivity index is 1.29. The van der Waals surface area contributed by atoms with Crippen molar-refractivity contribution < 1.29 is 13.7 Å². The van der Waals surface area contributed by atoms with Gasteiger partial charge in [-0.2, -0.15) is 0 Å². The minimum absolute atomic E-state index is 0.372. The Morgan fingerprint density at radius 2 is 1.38 bits per heavy atom. The number of aromatic amines is 1. The summed E-state index contributed by atoms with van der Waals surface area (Å²) in [6, 6.07) is 29.1. The predicted octanol–water partition coefficient (Wildman–Crippen LogP) is 7.10. The fraction of sp³-hybridized carbons (Fsp3) is 0.194. The zero-order valence-electron chi connectivity index (χ0n) is 21.3. The first-order valence-corrected chi connectivity index (χ1v) is 12.6. The maximum atomic E-state index is 6.29. The normalized spacial score (nSPS) is 16.8. The van der Waals surface area contributed by atoms with Crippen molar-refractivity contribution >= 4 is 45.5 Å². The molecule has 0 unspecified atom stereocenters. The molecule has 182 valence electrons. The smallest absolute Gasteiger partial charge is 0.436 e. The van der Waals surface area contributed by atoms with Crippen LogP contribution in [-0.2, 0) is 9.31 Å². The van der Waals surface area contributed by atoms with Crippen LogP contribution in [0.15, 0.2) is 89.3 Å². The highest BCUT2D eigenvalue weighted by molar-refractivity contribution is 6.62. The van der Waals surface area contributed by atoms with Gasteiger partial charge < -0.3 is 18.7 Å². The maximum absolute atomic E-state index is 6.29. The molecule has 1 N–H and O–H groups in total. The molecule has 0 radical (unpaired) electrons. The molecule has 2 aromatic heterocycles. The number of aromatic nitrogens is 2. The van der Waals surface area contributed by atoms with E-state index < -0.39 is 0 Å². The molecule has 5 nitrogen and oxygen atoms in total. The van der Waals surface area contributed by atoms with Crippen LogP contribution >= 0.6 is 0 Å². The van der Waals surface area contributed by atoms with Crippen LogP contribution in [0, 0.1) is 0 Å². The van der Waals surface area contributed by atoms with E-state index in [-0.39, 0.29) is 18.3 Å². The lowest BCUT2D eigenvalue weighted by Crippen LogP contribution is -2.41. The number of H-pyrrole nitrogens is 1. The van der Waals surface area contributed by atoms with Crippen LogP contribution in [0.4, 0.5) is 0 Å². The third-order valence-corrected chi connectivity index (χ3v) is 7.87. The van der Waals surface area contributed by atoms with Crippen LogP contribution in [-0.4, -0.2) is 28.3 Å². The molecule has 0 spiro atoms. The molecule has 0 aliphatic carbocycles. The lowest BCUT2D eigenvalue weighted by molar-refractivity contribution is 0.00578. The molecule has 1 fully saturated rings. The second-order valence-corrected chi connectivity index (χ2v) is 10.8. The van der Waals surface area contributed by atoms with Crippen LogP contribution in [0.5, 0.6) is 0 Å². The van der Waals surface area contributed by atoms with Crippen molar-refractivity contribution in [1.82, 2.24) is 9.97 Å². The van der Waals surface area contributed by atoms with Gasteiger partial charge in [0.05, 0.1) is 11.2 Å². The first-order chi connectivity index (χ1) is 17.8. The van der Waals surface area contributed by atoms with Gasteiger partial charge in [0.2, 0.25) is 5.89 Å². The maximum Gasteiger partial charge on any atom is 0.494 e. The Morgan fingerprint density at radius 3 is 2.16 bits per heavy atom. The Labute approximate surface area is 215 Å². The van der Waals surface area contributed by atoms with Crippen molar-refractivity contribution in [3.63, 3.8) is 0 Å². The van der Waals surface area contributed by atoms with Crippen molar-refractivity contribution in [2.24, 2.45) is 0 Å². The molecule has 0 bridgehead atoms. The summed E-state index contributed by atoms with van der Waals surface area (Å²) >= 11 is 0. The van der Waals surface area contributed by atoms with Gasteiger partial charge in [-0.1, -0.05) is 48.5 Å².